The Balaban J connectivity index is 2.42. The summed E-state index contributed by atoms with van der Waals surface area (Å²) in [6, 6.07) is 7.28. The molecule has 2 unspecified atom stereocenters. The quantitative estimate of drug-likeness (QED) is 0.513. The molecule has 10 heteroatoms. The molecule has 1 aromatic carbocycles. The molecule has 0 bridgehead atoms. The van der Waals surface area contributed by atoms with Crippen molar-refractivity contribution in [2.24, 2.45) is 0 Å². The van der Waals surface area contributed by atoms with Crippen LogP contribution in [0, 0.1) is 0 Å². The second-order valence-corrected chi connectivity index (χ2v) is 11.0. The predicted molar refractivity (Wildman–Crippen MR) is 103 cm³/mol. The highest BCUT2D eigenvalue weighted by Crippen LogP contribution is 2.43. The van der Waals surface area contributed by atoms with Crippen LogP contribution in [-0.2, 0) is 40.1 Å². The monoisotopic (exact) mass is 436 g/mol. The van der Waals surface area contributed by atoms with E-state index in [1.807, 2.05) is 24.3 Å². The maximum Gasteiger partial charge on any atom is 0.268 e. The molecule has 2 atom stereocenters. The zero-order valence-electron chi connectivity index (χ0n) is 17.3. The van der Waals surface area contributed by atoms with E-state index in [9.17, 15) is 18.9 Å². The van der Waals surface area contributed by atoms with Crippen LogP contribution >= 0.6 is 15.6 Å². The van der Waals surface area contributed by atoms with Crippen LogP contribution in [-0.4, -0.2) is 24.4 Å². The van der Waals surface area contributed by atoms with Crippen LogP contribution in [0.15, 0.2) is 24.3 Å². The molecule has 1 aromatic rings. The van der Waals surface area contributed by atoms with Gasteiger partial charge in [0.1, 0.15) is 0 Å². The topological polar surface area (TPSA) is 117 Å². The molecule has 0 heterocycles. The number of benzene rings is 1. The molecule has 8 nitrogen and oxygen atoms in total. The summed E-state index contributed by atoms with van der Waals surface area (Å²) in [6.07, 6.45) is 0.789. The van der Waals surface area contributed by atoms with Crippen LogP contribution in [0.3, 0.4) is 0 Å². The summed E-state index contributed by atoms with van der Waals surface area (Å²) in [5.74, 6) is 0. The van der Waals surface area contributed by atoms with E-state index >= 15 is 0 Å². The minimum Gasteiger partial charge on any atom is -0.756 e. The van der Waals surface area contributed by atoms with Crippen molar-refractivity contribution in [3.8, 4) is 0 Å². The molecule has 1 rings (SSSR count). The lowest BCUT2D eigenvalue weighted by molar-refractivity contribution is -0.235. The Morgan fingerprint density at radius 1 is 0.714 bits per heavy atom. The summed E-state index contributed by atoms with van der Waals surface area (Å²) >= 11 is 0. The van der Waals surface area contributed by atoms with Gasteiger partial charge in [-0.3, -0.25) is 9.13 Å². The number of hydrogen-bond donors (Lipinski definition) is 0. The van der Waals surface area contributed by atoms with Gasteiger partial charge in [-0.25, -0.2) is 0 Å². The second-order valence-electron chi connectivity index (χ2n) is 8.28. The van der Waals surface area contributed by atoms with Crippen molar-refractivity contribution in [3.05, 3.63) is 35.4 Å². The fourth-order valence-corrected chi connectivity index (χ4v) is 4.22. The largest absolute Gasteiger partial charge is 0.756 e. The van der Waals surface area contributed by atoms with Gasteiger partial charge in [-0.15, -0.1) is 0 Å². The third kappa shape index (κ3) is 12.1. The van der Waals surface area contributed by atoms with Crippen LogP contribution in [0.5, 0.6) is 0 Å². The van der Waals surface area contributed by atoms with E-state index in [0.29, 0.717) is 12.8 Å². The second kappa shape index (κ2) is 9.96. The number of phosphoric ester groups is 2. The summed E-state index contributed by atoms with van der Waals surface area (Å²) in [7, 11) is -8.68. The van der Waals surface area contributed by atoms with E-state index in [1.54, 1.807) is 41.5 Å². The Morgan fingerprint density at radius 3 is 1.25 bits per heavy atom. The first-order valence-electron chi connectivity index (χ1n) is 8.97. The molecular weight excluding hydrogens is 406 g/mol. The van der Waals surface area contributed by atoms with Gasteiger partial charge in [-0.05, 0) is 65.5 Å². The van der Waals surface area contributed by atoms with E-state index in [1.165, 1.54) is 0 Å². The van der Waals surface area contributed by atoms with Crippen molar-refractivity contribution >= 4 is 15.6 Å². The molecule has 0 saturated carbocycles. The van der Waals surface area contributed by atoms with Crippen molar-refractivity contribution in [2.75, 3.05) is 13.2 Å². The van der Waals surface area contributed by atoms with E-state index in [2.05, 4.69) is 0 Å². The minimum absolute atomic E-state index is 0.0250. The summed E-state index contributed by atoms with van der Waals surface area (Å²) in [6.45, 7) is 9.73. The van der Waals surface area contributed by atoms with Gasteiger partial charge in [0.05, 0.1) is 24.4 Å². The van der Waals surface area contributed by atoms with Crippen LogP contribution in [0.1, 0.15) is 52.7 Å². The highest BCUT2D eigenvalue weighted by Gasteiger charge is 2.21. The van der Waals surface area contributed by atoms with Crippen molar-refractivity contribution in [1.82, 2.24) is 0 Å². The molecule has 0 amide bonds. The first-order valence-corrected chi connectivity index (χ1v) is 11.9. The molecule has 0 aliphatic carbocycles. The summed E-state index contributed by atoms with van der Waals surface area (Å²) in [5.41, 5.74) is 0.0805. The number of rotatable bonds is 10. The average molecular weight is 436 g/mol. The number of phosphoric acid groups is 2. The molecule has 0 saturated heterocycles. The van der Waals surface area contributed by atoms with E-state index in [4.69, 9.17) is 18.1 Å². The van der Waals surface area contributed by atoms with Gasteiger partial charge >= 0.3 is 0 Å². The van der Waals surface area contributed by atoms with Gasteiger partial charge in [0.15, 0.2) is 0 Å². The van der Waals surface area contributed by atoms with Crippen molar-refractivity contribution < 1.29 is 37.0 Å². The average Bonchev–Trinajstić information content (AvgIpc) is 2.43. The van der Waals surface area contributed by atoms with Crippen LogP contribution in [0.2, 0.25) is 0 Å². The van der Waals surface area contributed by atoms with Crippen molar-refractivity contribution in [3.63, 3.8) is 0 Å². The van der Waals surface area contributed by atoms with E-state index in [-0.39, 0.29) is 13.2 Å². The zero-order chi connectivity index (χ0) is 21.6. The molecule has 0 radical (unpaired) electrons. The summed E-state index contributed by atoms with van der Waals surface area (Å²) < 4.78 is 42.9. The number of hydrogen-bond acceptors (Lipinski definition) is 8. The lowest BCUT2D eigenvalue weighted by atomic mass is 10.1. The highest BCUT2D eigenvalue weighted by molar-refractivity contribution is 7.46. The first-order chi connectivity index (χ1) is 12.6. The Bertz CT molecular complexity index is 643. The molecule has 0 spiro atoms. The van der Waals surface area contributed by atoms with Gasteiger partial charge in [0.2, 0.25) is 0 Å². The zero-order valence-corrected chi connectivity index (χ0v) is 19.1. The van der Waals surface area contributed by atoms with Crippen LogP contribution in [0.25, 0.3) is 0 Å². The third-order valence-corrected chi connectivity index (χ3v) is 5.61. The maximum absolute atomic E-state index is 11.7. The van der Waals surface area contributed by atoms with Gasteiger partial charge < -0.3 is 27.9 Å². The lowest BCUT2D eigenvalue weighted by Crippen LogP contribution is -2.23. The Kier molecular flexibility index (Phi) is 9.07. The fraction of sp³-hybridized carbons (Fsp3) is 0.667. The molecule has 0 aromatic heterocycles. The van der Waals surface area contributed by atoms with Gasteiger partial charge in [0, 0.05) is 0 Å². The Morgan fingerprint density at radius 2 is 1.00 bits per heavy atom. The van der Waals surface area contributed by atoms with Crippen molar-refractivity contribution in [2.45, 2.75) is 65.6 Å². The van der Waals surface area contributed by atoms with Crippen LogP contribution in [0.4, 0.5) is 0 Å². The summed E-state index contributed by atoms with van der Waals surface area (Å²) in [4.78, 5) is 23.4. The van der Waals surface area contributed by atoms with Gasteiger partial charge in [-0.1, -0.05) is 24.3 Å². The Hall–Kier alpha value is -0.560. The minimum atomic E-state index is -4.34. The van der Waals surface area contributed by atoms with E-state index < -0.39 is 26.8 Å². The van der Waals surface area contributed by atoms with E-state index in [0.717, 1.165) is 11.1 Å². The fourth-order valence-electron chi connectivity index (χ4n) is 2.15. The summed E-state index contributed by atoms with van der Waals surface area (Å²) in [5, 5.41) is 0. The molecule has 0 fully saturated rings. The maximum atomic E-state index is 11.7. The molecule has 0 N–H and O–H groups in total. The van der Waals surface area contributed by atoms with Gasteiger partial charge in [0.25, 0.3) is 15.6 Å². The molecule has 0 aliphatic rings. The SMILES string of the molecule is CC(C)(C)OP(=O)([O-])OCCc1ccc(CCOP(=O)([O-])OC(C)(C)C)cc1. The normalized spacial score (nSPS) is 17.1. The highest BCUT2D eigenvalue weighted by atomic mass is 31.2. The van der Waals surface area contributed by atoms with Crippen LogP contribution < -0.4 is 9.79 Å². The molecule has 162 valence electrons. The van der Waals surface area contributed by atoms with Crippen molar-refractivity contribution in [1.29, 1.82) is 0 Å². The first kappa shape index (κ1) is 25.5. The predicted octanol–water partition coefficient (Wildman–Crippen LogP) is 3.37. The Labute approximate surface area is 167 Å². The smallest absolute Gasteiger partial charge is 0.268 e. The molecule has 0 aliphatic heterocycles. The van der Waals surface area contributed by atoms with Gasteiger partial charge in [-0.2, -0.15) is 0 Å². The molecule has 28 heavy (non-hydrogen) atoms. The lowest BCUT2D eigenvalue weighted by Gasteiger charge is -2.30. The standard InChI is InChI=1S/C18H32O8P2/c1-17(2,3)25-27(19,20)23-13-11-15-7-9-16(10-8-15)12-14-24-28(21,22)26-18(4,5)6/h7-10H,11-14H2,1-6H3,(H,19,20)(H,21,22)/p-2. The molecular formula is C18H30O8P2-2. The third-order valence-electron chi connectivity index (χ3n) is 3.07.